The molecule has 6 heteroatoms. The molecule has 172 valence electrons. The monoisotopic (exact) mass is 427 g/mol. The Morgan fingerprint density at radius 1 is 1.35 bits per heavy atom. The number of hydrogen-bond donors (Lipinski definition) is 4. The number of amides is 1. The summed E-state index contributed by atoms with van der Waals surface area (Å²) in [4.78, 5) is 14.1. The molecule has 2 aliphatic rings. The lowest BCUT2D eigenvalue weighted by atomic mass is 9.72. The molecule has 0 aliphatic heterocycles. The molecule has 6 N–H and O–H groups in total. The van der Waals surface area contributed by atoms with Gasteiger partial charge in [0.15, 0.2) is 0 Å². The number of nitrogens with one attached hydrogen (secondary N) is 2. The first-order valence-corrected chi connectivity index (χ1v) is 11.3. The molecule has 2 rings (SSSR count). The Morgan fingerprint density at radius 2 is 2.06 bits per heavy atom. The highest BCUT2D eigenvalue weighted by molar-refractivity contribution is 5.81. The second-order valence-electron chi connectivity index (χ2n) is 8.94. The van der Waals surface area contributed by atoms with E-state index in [4.69, 9.17) is 11.5 Å². The molecule has 2 unspecified atom stereocenters. The quantitative estimate of drug-likeness (QED) is 0.317. The van der Waals surface area contributed by atoms with E-state index in [1.54, 1.807) is 0 Å². The highest BCUT2D eigenvalue weighted by atomic mass is 16.2. The molecule has 0 saturated carbocycles. The summed E-state index contributed by atoms with van der Waals surface area (Å²) < 4.78 is 0. The molecular weight excluding hydrogens is 386 g/mol. The number of allylic oxidation sites excluding steroid dienone is 7. The summed E-state index contributed by atoms with van der Waals surface area (Å²) in [6, 6.07) is 0. The zero-order valence-corrected chi connectivity index (χ0v) is 19.8. The summed E-state index contributed by atoms with van der Waals surface area (Å²) in [7, 11) is 3.95. The van der Waals surface area contributed by atoms with Crippen molar-refractivity contribution < 1.29 is 4.79 Å². The topological polar surface area (TPSA) is 96.4 Å². The number of hydrogen-bond acceptors (Lipinski definition) is 5. The number of likely N-dealkylation sites (N-methyl/N-ethyl adjacent to an activating group) is 1. The van der Waals surface area contributed by atoms with Crippen LogP contribution in [0.2, 0.25) is 0 Å². The van der Waals surface area contributed by atoms with Gasteiger partial charge in [0, 0.05) is 25.5 Å². The molecular formula is C25H41N5O. The summed E-state index contributed by atoms with van der Waals surface area (Å²) in [5.74, 6) is -0.270. The summed E-state index contributed by atoms with van der Waals surface area (Å²) in [5.41, 5.74) is 17.7. The summed E-state index contributed by atoms with van der Waals surface area (Å²) in [6.45, 7) is 9.30. The molecule has 0 spiro atoms. The number of nitrogens with two attached hydrogens (primary N) is 2. The van der Waals surface area contributed by atoms with Crippen molar-refractivity contribution in [3.8, 4) is 0 Å². The van der Waals surface area contributed by atoms with E-state index < -0.39 is 0 Å². The van der Waals surface area contributed by atoms with Crippen molar-refractivity contribution >= 4 is 5.91 Å². The summed E-state index contributed by atoms with van der Waals surface area (Å²) in [5, 5.41) is 6.75. The highest BCUT2D eigenvalue weighted by Gasteiger charge is 2.29. The minimum atomic E-state index is -0.238. The van der Waals surface area contributed by atoms with Crippen molar-refractivity contribution in [1.82, 2.24) is 15.5 Å². The molecule has 2 atom stereocenters. The Kier molecular flexibility index (Phi) is 9.14. The van der Waals surface area contributed by atoms with Crippen LogP contribution in [0.3, 0.4) is 0 Å². The number of carbonyl (C=O) groups excluding carboxylic acids is 1. The summed E-state index contributed by atoms with van der Waals surface area (Å²) in [6.07, 6.45) is 14.1. The SMILES string of the molecule is C=C(CC1=C(NC)CC(C)(CC)CC1)/C(=C/C1=CC=CC(C(=O)N(CN)CN)C1)NC. The molecule has 0 aromatic heterocycles. The van der Waals surface area contributed by atoms with Crippen LogP contribution in [-0.4, -0.2) is 38.2 Å². The minimum absolute atomic E-state index is 0.0323. The van der Waals surface area contributed by atoms with Crippen molar-refractivity contribution in [2.75, 3.05) is 27.4 Å². The van der Waals surface area contributed by atoms with Crippen LogP contribution < -0.4 is 22.1 Å². The van der Waals surface area contributed by atoms with Crippen molar-refractivity contribution in [2.45, 2.75) is 52.4 Å². The number of nitrogens with zero attached hydrogens (tertiary/aromatic N) is 1. The zero-order chi connectivity index (χ0) is 23.0. The van der Waals surface area contributed by atoms with Crippen molar-refractivity contribution in [3.05, 3.63) is 59.0 Å². The van der Waals surface area contributed by atoms with Gasteiger partial charge in [-0.2, -0.15) is 0 Å². The van der Waals surface area contributed by atoms with E-state index in [-0.39, 0.29) is 25.2 Å². The van der Waals surface area contributed by atoms with Gasteiger partial charge in [0.25, 0.3) is 0 Å². The maximum atomic E-state index is 12.6. The zero-order valence-electron chi connectivity index (χ0n) is 19.8. The van der Waals surface area contributed by atoms with E-state index in [0.717, 1.165) is 36.1 Å². The van der Waals surface area contributed by atoms with Crippen molar-refractivity contribution in [3.63, 3.8) is 0 Å². The fourth-order valence-electron chi connectivity index (χ4n) is 4.36. The van der Waals surface area contributed by atoms with E-state index in [2.05, 4.69) is 43.2 Å². The average Bonchev–Trinajstić information content (AvgIpc) is 2.79. The van der Waals surface area contributed by atoms with Crippen LogP contribution >= 0.6 is 0 Å². The third-order valence-corrected chi connectivity index (χ3v) is 6.80. The second-order valence-corrected chi connectivity index (χ2v) is 8.94. The van der Waals surface area contributed by atoms with Gasteiger partial charge in [-0.05, 0) is 60.3 Å². The molecule has 0 aromatic rings. The van der Waals surface area contributed by atoms with Gasteiger partial charge in [-0.1, -0.05) is 45.1 Å². The van der Waals surface area contributed by atoms with Crippen LogP contribution in [0.1, 0.15) is 52.4 Å². The van der Waals surface area contributed by atoms with Gasteiger partial charge in [0.05, 0.1) is 19.3 Å². The highest BCUT2D eigenvalue weighted by Crippen LogP contribution is 2.42. The molecule has 0 saturated heterocycles. The molecule has 31 heavy (non-hydrogen) atoms. The standard InChI is InChI=1S/C25H41N5O/c1-6-25(3)11-10-20(23(15-25)29-5)12-18(2)22(28-4)14-19-8-7-9-21(13-19)24(31)30(16-26)17-27/h7-9,14,21,28-29H,2,6,10-13,15-17,26-27H2,1,3-5H3/b22-14-. The Labute approximate surface area is 188 Å². The van der Waals surface area contributed by atoms with Crippen LogP contribution in [-0.2, 0) is 4.79 Å². The molecule has 0 bridgehead atoms. The molecule has 6 nitrogen and oxygen atoms in total. The van der Waals surface area contributed by atoms with Gasteiger partial charge >= 0.3 is 0 Å². The van der Waals surface area contributed by atoms with Crippen LogP contribution in [0.15, 0.2) is 59.0 Å². The number of carbonyl (C=O) groups is 1. The smallest absolute Gasteiger partial charge is 0.231 e. The largest absolute Gasteiger partial charge is 0.391 e. The van der Waals surface area contributed by atoms with Gasteiger partial charge < -0.3 is 27.0 Å². The van der Waals surface area contributed by atoms with E-state index in [1.165, 1.54) is 29.0 Å². The van der Waals surface area contributed by atoms with Gasteiger partial charge in [0.2, 0.25) is 5.91 Å². The molecule has 0 fully saturated rings. The second kappa shape index (κ2) is 11.3. The van der Waals surface area contributed by atoms with Gasteiger partial charge in [-0.3, -0.25) is 4.79 Å². The van der Waals surface area contributed by atoms with Gasteiger partial charge in [0.1, 0.15) is 0 Å². The Hall–Kier alpha value is -2.31. The van der Waals surface area contributed by atoms with E-state index in [1.807, 2.05) is 26.2 Å². The third-order valence-electron chi connectivity index (χ3n) is 6.80. The third kappa shape index (κ3) is 6.34. The van der Waals surface area contributed by atoms with E-state index in [9.17, 15) is 4.79 Å². The van der Waals surface area contributed by atoms with Crippen LogP contribution in [0.25, 0.3) is 0 Å². The lowest BCUT2D eigenvalue weighted by molar-refractivity contribution is -0.133. The minimum Gasteiger partial charge on any atom is -0.391 e. The van der Waals surface area contributed by atoms with Crippen molar-refractivity contribution in [1.29, 1.82) is 0 Å². The molecule has 0 radical (unpaired) electrons. The lowest BCUT2D eigenvalue weighted by Gasteiger charge is -2.36. The first-order chi connectivity index (χ1) is 14.8. The molecule has 0 aromatic carbocycles. The Morgan fingerprint density at radius 3 is 2.65 bits per heavy atom. The fourth-order valence-corrected chi connectivity index (χ4v) is 4.36. The van der Waals surface area contributed by atoms with Crippen LogP contribution in [0, 0.1) is 11.3 Å². The van der Waals surface area contributed by atoms with Crippen LogP contribution in [0.5, 0.6) is 0 Å². The fraction of sp³-hybridized carbons (Fsp3) is 0.560. The first-order valence-electron chi connectivity index (χ1n) is 11.3. The molecule has 0 heterocycles. The predicted molar refractivity (Wildman–Crippen MR) is 130 cm³/mol. The van der Waals surface area contributed by atoms with Crippen molar-refractivity contribution in [2.24, 2.45) is 22.8 Å². The maximum absolute atomic E-state index is 12.6. The molecule has 1 amide bonds. The summed E-state index contributed by atoms with van der Waals surface area (Å²) >= 11 is 0. The molecule has 2 aliphatic carbocycles. The Bertz CT molecular complexity index is 788. The Balaban J connectivity index is 2.13. The lowest BCUT2D eigenvalue weighted by Crippen LogP contribution is -2.43. The van der Waals surface area contributed by atoms with Gasteiger partial charge in [-0.25, -0.2) is 0 Å². The predicted octanol–water partition coefficient (Wildman–Crippen LogP) is 3.27. The van der Waals surface area contributed by atoms with E-state index >= 15 is 0 Å². The normalized spacial score (nSPS) is 24.0. The number of rotatable bonds is 10. The maximum Gasteiger partial charge on any atom is 0.231 e. The average molecular weight is 428 g/mol. The first kappa shape index (κ1) is 25.0. The van der Waals surface area contributed by atoms with E-state index in [0.29, 0.717) is 11.8 Å². The van der Waals surface area contributed by atoms with Crippen LogP contribution in [0.4, 0.5) is 0 Å². The van der Waals surface area contributed by atoms with Gasteiger partial charge in [-0.15, -0.1) is 0 Å².